The Morgan fingerprint density at radius 1 is 0.857 bits per heavy atom. The fourth-order valence-electron chi connectivity index (χ4n) is 3.39. The molecule has 0 saturated carbocycles. The van der Waals surface area contributed by atoms with Crippen molar-refractivity contribution in [3.05, 3.63) is 96.8 Å². The van der Waals surface area contributed by atoms with E-state index in [1.807, 2.05) is 53.1 Å². The number of rotatable bonds is 4. The van der Waals surface area contributed by atoms with E-state index < -0.39 is 0 Å². The van der Waals surface area contributed by atoms with Crippen molar-refractivity contribution in [2.75, 3.05) is 0 Å². The van der Waals surface area contributed by atoms with Gasteiger partial charge in [-0.05, 0) is 24.3 Å². The van der Waals surface area contributed by atoms with Gasteiger partial charge in [0.2, 0.25) is 0 Å². The van der Waals surface area contributed by atoms with Crippen molar-refractivity contribution in [1.29, 1.82) is 0 Å². The van der Waals surface area contributed by atoms with Gasteiger partial charge < -0.3 is 4.74 Å². The number of imidazole rings is 1. The molecule has 28 heavy (non-hydrogen) atoms. The lowest BCUT2D eigenvalue weighted by atomic mass is 10.1. The van der Waals surface area contributed by atoms with Crippen LogP contribution in [-0.4, -0.2) is 14.4 Å². The van der Waals surface area contributed by atoms with Gasteiger partial charge in [-0.2, -0.15) is 0 Å². The number of aromatic nitrogens is 3. The highest BCUT2D eigenvalue weighted by Gasteiger charge is 2.15. The van der Waals surface area contributed by atoms with E-state index in [0.717, 1.165) is 22.0 Å². The molecule has 0 N–H and O–H groups in total. The van der Waals surface area contributed by atoms with E-state index in [4.69, 9.17) is 4.74 Å². The van der Waals surface area contributed by atoms with E-state index >= 15 is 0 Å². The average Bonchev–Trinajstić information content (AvgIpc) is 3.17. The van der Waals surface area contributed by atoms with Crippen LogP contribution in [0.1, 0.15) is 5.69 Å². The third kappa shape index (κ3) is 2.77. The molecule has 0 radical (unpaired) electrons. The molecule has 5 rings (SSSR count). The van der Waals surface area contributed by atoms with Gasteiger partial charge in [0, 0.05) is 17.0 Å². The summed E-state index contributed by atoms with van der Waals surface area (Å²) in [5.74, 6) is 0.935. The molecule has 5 aromatic rings. The fraction of sp³-hybridized carbons (Fsp3) is 0.0435. The molecule has 5 heteroatoms. The van der Waals surface area contributed by atoms with E-state index in [9.17, 15) is 4.39 Å². The third-order valence-corrected chi connectivity index (χ3v) is 4.73. The zero-order valence-corrected chi connectivity index (χ0v) is 14.9. The maximum Gasteiger partial charge on any atom is 0.147 e. The Morgan fingerprint density at radius 3 is 2.46 bits per heavy atom. The predicted molar refractivity (Wildman–Crippen MR) is 107 cm³/mol. The summed E-state index contributed by atoms with van der Waals surface area (Å²) in [4.78, 5) is 8.80. The first-order chi connectivity index (χ1) is 13.8. The van der Waals surface area contributed by atoms with Crippen LogP contribution in [0.4, 0.5) is 4.39 Å². The van der Waals surface area contributed by atoms with Crippen molar-refractivity contribution in [3.63, 3.8) is 0 Å². The molecule has 0 atom stereocenters. The van der Waals surface area contributed by atoms with Gasteiger partial charge in [-0.15, -0.1) is 0 Å². The van der Waals surface area contributed by atoms with Crippen LogP contribution in [0, 0.1) is 5.82 Å². The minimum absolute atomic E-state index is 0.306. The highest BCUT2D eigenvalue weighted by molar-refractivity contribution is 6.00. The lowest BCUT2D eigenvalue weighted by molar-refractivity contribution is 0.303. The largest absolute Gasteiger partial charge is 0.485 e. The fourth-order valence-corrected chi connectivity index (χ4v) is 3.39. The van der Waals surface area contributed by atoms with Gasteiger partial charge in [-0.25, -0.2) is 9.37 Å². The summed E-state index contributed by atoms with van der Waals surface area (Å²) >= 11 is 0. The maximum atomic E-state index is 14.4. The molecule has 2 aromatic carbocycles. The number of ether oxygens (including phenoxy) is 1. The molecule has 0 unspecified atom stereocenters. The Labute approximate surface area is 160 Å². The van der Waals surface area contributed by atoms with Crippen LogP contribution in [-0.2, 0) is 6.61 Å². The minimum atomic E-state index is -0.306. The Morgan fingerprint density at radius 2 is 1.64 bits per heavy atom. The van der Waals surface area contributed by atoms with Gasteiger partial charge in [0.1, 0.15) is 24.0 Å². The van der Waals surface area contributed by atoms with Crippen molar-refractivity contribution in [2.24, 2.45) is 0 Å². The van der Waals surface area contributed by atoms with Crippen molar-refractivity contribution in [1.82, 2.24) is 14.4 Å². The molecule has 3 aromatic heterocycles. The summed E-state index contributed by atoms with van der Waals surface area (Å²) in [5, 5.41) is 1.97. The highest BCUT2D eigenvalue weighted by atomic mass is 19.1. The number of hydrogen-bond donors (Lipinski definition) is 0. The Hall–Kier alpha value is -3.73. The molecular weight excluding hydrogens is 353 g/mol. The van der Waals surface area contributed by atoms with Crippen molar-refractivity contribution < 1.29 is 9.13 Å². The van der Waals surface area contributed by atoms with Gasteiger partial charge in [-0.1, -0.05) is 42.5 Å². The van der Waals surface area contributed by atoms with Gasteiger partial charge in [0.05, 0.1) is 29.2 Å². The standard InChI is InChI=1S/C23H16FN3O/c24-20-11-4-3-10-19(20)23-26-13-21-17-8-1-2-9-18(17)22(14-27(21)23)28-15-16-7-5-6-12-25-16/h1-14H,15H2. The van der Waals surface area contributed by atoms with Crippen molar-refractivity contribution >= 4 is 16.3 Å². The average molecular weight is 369 g/mol. The highest BCUT2D eigenvalue weighted by Crippen LogP contribution is 2.33. The zero-order valence-electron chi connectivity index (χ0n) is 14.9. The smallest absolute Gasteiger partial charge is 0.147 e. The third-order valence-electron chi connectivity index (χ3n) is 4.73. The van der Waals surface area contributed by atoms with Crippen LogP contribution in [0.25, 0.3) is 27.7 Å². The lowest BCUT2D eigenvalue weighted by Gasteiger charge is -2.12. The summed E-state index contributed by atoms with van der Waals surface area (Å²) in [6.07, 6.45) is 5.38. The van der Waals surface area contributed by atoms with Crippen LogP contribution >= 0.6 is 0 Å². The van der Waals surface area contributed by atoms with E-state index in [1.165, 1.54) is 6.07 Å². The molecule has 0 aliphatic heterocycles. The number of halogens is 1. The summed E-state index contributed by atoms with van der Waals surface area (Å²) in [5.41, 5.74) is 2.19. The summed E-state index contributed by atoms with van der Waals surface area (Å²) in [6.45, 7) is 0.347. The normalized spacial score (nSPS) is 11.2. The van der Waals surface area contributed by atoms with E-state index in [-0.39, 0.29) is 5.82 Å². The number of pyridine rings is 2. The number of benzene rings is 2. The first-order valence-electron chi connectivity index (χ1n) is 8.98. The molecule has 0 fully saturated rings. The molecular formula is C23H16FN3O. The molecule has 0 saturated heterocycles. The zero-order chi connectivity index (χ0) is 18.9. The lowest BCUT2D eigenvalue weighted by Crippen LogP contribution is -2.00. The van der Waals surface area contributed by atoms with E-state index in [0.29, 0.717) is 23.7 Å². The monoisotopic (exact) mass is 369 g/mol. The van der Waals surface area contributed by atoms with Crippen LogP contribution in [0.2, 0.25) is 0 Å². The quantitative estimate of drug-likeness (QED) is 0.433. The molecule has 3 heterocycles. The molecule has 0 bridgehead atoms. The van der Waals surface area contributed by atoms with Crippen LogP contribution in [0.15, 0.2) is 85.3 Å². The second-order valence-corrected chi connectivity index (χ2v) is 6.47. The van der Waals surface area contributed by atoms with Gasteiger partial charge in [0.15, 0.2) is 0 Å². The second kappa shape index (κ2) is 6.78. The maximum absolute atomic E-state index is 14.4. The number of fused-ring (bicyclic) bond motifs is 3. The Bertz CT molecular complexity index is 1280. The SMILES string of the molecule is Fc1ccccc1-c1ncc2c3ccccc3c(OCc3ccccn3)cn12. The Balaban J connectivity index is 1.68. The van der Waals surface area contributed by atoms with Gasteiger partial charge in [-0.3, -0.25) is 9.38 Å². The van der Waals surface area contributed by atoms with Crippen molar-refractivity contribution in [2.45, 2.75) is 6.61 Å². The van der Waals surface area contributed by atoms with E-state index in [1.54, 1.807) is 30.6 Å². The summed E-state index contributed by atoms with van der Waals surface area (Å²) in [7, 11) is 0. The first kappa shape index (κ1) is 16.4. The molecule has 0 aliphatic rings. The topological polar surface area (TPSA) is 39.4 Å². The van der Waals surface area contributed by atoms with Crippen LogP contribution in [0.3, 0.4) is 0 Å². The predicted octanol–water partition coefficient (Wildman–Crippen LogP) is 5.27. The number of nitrogens with zero attached hydrogens (tertiary/aromatic N) is 3. The molecule has 0 spiro atoms. The van der Waals surface area contributed by atoms with Gasteiger partial charge in [0.25, 0.3) is 0 Å². The van der Waals surface area contributed by atoms with E-state index in [2.05, 4.69) is 9.97 Å². The molecule has 136 valence electrons. The van der Waals surface area contributed by atoms with Crippen LogP contribution in [0.5, 0.6) is 5.75 Å². The minimum Gasteiger partial charge on any atom is -0.485 e. The van der Waals surface area contributed by atoms with Crippen molar-refractivity contribution in [3.8, 4) is 17.1 Å². The first-order valence-corrected chi connectivity index (χ1v) is 8.98. The van der Waals surface area contributed by atoms with Gasteiger partial charge >= 0.3 is 0 Å². The molecule has 0 aliphatic carbocycles. The Kier molecular flexibility index (Phi) is 3.98. The summed E-state index contributed by atoms with van der Waals surface area (Å²) < 4.78 is 22.4. The van der Waals surface area contributed by atoms with Crippen LogP contribution < -0.4 is 4.74 Å². The molecule has 0 amide bonds. The second-order valence-electron chi connectivity index (χ2n) is 6.47. The summed E-state index contributed by atoms with van der Waals surface area (Å²) in [6, 6.07) is 20.3. The molecule has 4 nitrogen and oxygen atoms in total. The number of hydrogen-bond acceptors (Lipinski definition) is 3.